The van der Waals surface area contributed by atoms with Crippen molar-refractivity contribution in [3.05, 3.63) is 47.7 Å². The van der Waals surface area contributed by atoms with Gasteiger partial charge in [-0.05, 0) is 39.0 Å². The average Bonchev–Trinajstić information content (AvgIpc) is 2.37. The molecule has 6 heteroatoms. The number of hydrogen-bond donors (Lipinski definition) is 2. The van der Waals surface area contributed by atoms with Crippen molar-refractivity contribution in [2.24, 2.45) is 0 Å². The molecule has 2 aromatic rings. The monoisotopic (exact) mass is 288 g/mol. The van der Waals surface area contributed by atoms with Crippen LogP contribution in [0.4, 0.5) is 15.9 Å². The molecular formula is C15H17FN4O. The van der Waals surface area contributed by atoms with E-state index in [1.54, 1.807) is 19.1 Å². The zero-order valence-electron chi connectivity index (χ0n) is 12.1. The van der Waals surface area contributed by atoms with Crippen LogP contribution in [0.2, 0.25) is 0 Å². The molecule has 0 saturated carbocycles. The van der Waals surface area contributed by atoms with Gasteiger partial charge in [0.15, 0.2) is 0 Å². The van der Waals surface area contributed by atoms with Crippen LogP contribution in [0.15, 0.2) is 30.3 Å². The Balaban J connectivity index is 2.20. The lowest BCUT2D eigenvalue weighted by Gasteiger charge is -2.11. The predicted octanol–water partition coefficient (Wildman–Crippen LogP) is 3.00. The fourth-order valence-corrected chi connectivity index (χ4v) is 1.82. The van der Waals surface area contributed by atoms with E-state index < -0.39 is 11.7 Å². The maximum absolute atomic E-state index is 13.1. The fraction of sp³-hybridized carbons (Fsp3) is 0.267. The fourth-order valence-electron chi connectivity index (χ4n) is 1.82. The van der Waals surface area contributed by atoms with Crippen molar-refractivity contribution >= 4 is 17.4 Å². The van der Waals surface area contributed by atoms with Gasteiger partial charge in [-0.25, -0.2) is 14.4 Å². The lowest BCUT2D eigenvalue weighted by molar-refractivity contribution is 0.102. The zero-order chi connectivity index (χ0) is 15.4. The Bertz CT molecular complexity index is 658. The third-order valence-electron chi connectivity index (χ3n) is 2.59. The quantitative estimate of drug-likeness (QED) is 0.907. The molecule has 0 aliphatic rings. The van der Waals surface area contributed by atoms with Crippen LogP contribution in [-0.2, 0) is 0 Å². The van der Waals surface area contributed by atoms with Gasteiger partial charge in [0, 0.05) is 17.8 Å². The Morgan fingerprint density at radius 3 is 2.67 bits per heavy atom. The average molecular weight is 288 g/mol. The molecule has 2 rings (SSSR count). The first-order chi connectivity index (χ1) is 9.94. The molecule has 0 atom stereocenters. The standard InChI is InChI=1S/C15H17FN4O/c1-9(2)17-14-8-13(18-10(3)19-14)15(21)20-12-6-4-5-11(16)7-12/h4-9H,1-3H3,(H,20,21)(H,17,18,19). The van der Waals surface area contributed by atoms with Crippen molar-refractivity contribution in [2.45, 2.75) is 26.8 Å². The number of carbonyl (C=O) groups is 1. The molecule has 0 unspecified atom stereocenters. The van der Waals surface area contributed by atoms with Crippen LogP contribution >= 0.6 is 0 Å². The molecule has 110 valence electrons. The van der Waals surface area contributed by atoms with E-state index in [9.17, 15) is 9.18 Å². The van der Waals surface area contributed by atoms with E-state index in [0.717, 1.165) is 0 Å². The molecule has 0 bridgehead atoms. The van der Waals surface area contributed by atoms with Gasteiger partial charge in [-0.1, -0.05) is 6.07 Å². The van der Waals surface area contributed by atoms with Crippen molar-refractivity contribution in [1.82, 2.24) is 9.97 Å². The minimum atomic E-state index is -0.408. The maximum Gasteiger partial charge on any atom is 0.274 e. The summed E-state index contributed by atoms with van der Waals surface area (Å²) in [5.41, 5.74) is 0.615. The van der Waals surface area contributed by atoms with Gasteiger partial charge in [0.05, 0.1) is 0 Å². The first-order valence-electron chi connectivity index (χ1n) is 6.63. The highest BCUT2D eigenvalue weighted by molar-refractivity contribution is 6.03. The Hall–Kier alpha value is -2.50. The molecule has 0 spiro atoms. The molecule has 0 saturated heterocycles. The highest BCUT2D eigenvalue weighted by Gasteiger charge is 2.11. The van der Waals surface area contributed by atoms with Crippen molar-refractivity contribution in [3.63, 3.8) is 0 Å². The molecule has 1 amide bonds. The second-order valence-electron chi connectivity index (χ2n) is 4.95. The Morgan fingerprint density at radius 2 is 2.00 bits per heavy atom. The van der Waals surface area contributed by atoms with Crippen LogP contribution in [0.25, 0.3) is 0 Å². The van der Waals surface area contributed by atoms with E-state index >= 15 is 0 Å². The predicted molar refractivity (Wildman–Crippen MR) is 79.9 cm³/mol. The topological polar surface area (TPSA) is 66.9 Å². The minimum Gasteiger partial charge on any atom is -0.368 e. The molecule has 0 aliphatic carbocycles. The maximum atomic E-state index is 13.1. The number of rotatable bonds is 4. The van der Waals surface area contributed by atoms with Gasteiger partial charge in [0.1, 0.15) is 23.2 Å². The highest BCUT2D eigenvalue weighted by atomic mass is 19.1. The van der Waals surface area contributed by atoms with E-state index in [2.05, 4.69) is 20.6 Å². The molecular weight excluding hydrogens is 271 g/mol. The third-order valence-corrected chi connectivity index (χ3v) is 2.59. The van der Waals surface area contributed by atoms with Crippen molar-refractivity contribution in [1.29, 1.82) is 0 Å². The molecule has 1 heterocycles. The summed E-state index contributed by atoms with van der Waals surface area (Å²) >= 11 is 0. The number of benzene rings is 1. The van der Waals surface area contributed by atoms with Crippen LogP contribution in [0.3, 0.4) is 0 Å². The number of nitrogens with one attached hydrogen (secondary N) is 2. The van der Waals surface area contributed by atoms with E-state index in [4.69, 9.17) is 0 Å². The largest absolute Gasteiger partial charge is 0.368 e. The van der Waals surface area contributed by atoms with Crippen LogP contribution in [0.5, 0.6) is 0 Å². The Kier molecular flexibility index (Phi) is 4.47. The number of carbonyl (C=O) groups excluding carboxylic acids is 1. The number of amides is 1. The van der Waals surface area contributed by atoms with Crippen LogP contribution in [-0.4, -0.2) is 21.9 Å². The molecule has 5 nitrogen and oxygen atoms in total. The summed E-state index contributed by atoms with van der Waals surface area (Å²) in [7, 11) is 0. The van der Waals surface area contributed by atoms with Gasteiger partial charge in [0.2, 0.25) is 0 Å². The van der Waals surface area contributed by atoms with Gasteiger partial charge >= 0.3 is 0 Å². The number of aryl methyl sites for hydroxylation is 1. The summed E-state index contributed by atoms with van der Waals surface area (Å²) in [5.74, 6) is 0.263. The summed E-state index contributed by atoms with van der Waals surface area (Å²) in [6.45, 7) is 5.67. The van der Waals surface area contributed by atoms with Gasteiger partial charge in [0.25, 0.3) is 5.91 Å². The summed E-state index contributed by atoms with van der Waals surface area (Å²) in [4.78, 5) is 20.5. The van der Waals surface area contributed by atoms with Crippen LogP contribution in [0, 0.1) is 12.7 Å². The number of anilines is 2. The summed E-state index contributed by atoms with van der Waals surface area (Å²) in [6, 6.07) is 7.47. The first-order valence-corrected chi connectivity index (χ1v) is 6.63. The first kappa shape index (κ1) is 14.9. The van der Waals surface area contributed by atoms with Crippen LogP contribution < -0.4 is 10.6 Å². The molecule has 0 aliphatic heterocycles. The summed E-state index contributed by atoms with van der Waals surface area (Å²) in [6.07, 6.45) is 0. The second-order valence-corrected chi connectivity index (χ2v) is 4.95. The lowest BCUT2D eigenvalue weighted by atomic mass is 10.3. The SMILES string of the molecule is Cc1nc(NC(C)C)cc(C(=O)Nc2cccc(F)c2)n1. The Morgan fingerprint density at radius 1 is 1.24 bits per heavy atom. The number of hydrogen-bond acceptors (Lipinski definition) is 4. The van der Waals surface area contributed by atoms with Crippen molar-refractivity contribution < 1.29 is 9.18 Å². The highest BCUT2D eigenvalue weighted by Crippen LogP contribution is 2.13. The number of aromatic nitrogens is 2. The van der Waals surface area contributed by atoms with Crippen molar-refractivity contribution in [2.75, 3.05) is 10.6 Å². The molecule has 2 N–H and O–H groups in total. The Labute approximate surface area is 122 Å². The van der Waals surface area contributed by atoms with Gasteiger partial charge in [-0.3, -0.25) is 4.79 Å². The smallest absolute Gasteiger partial charge is 0.274 e. The normalized spacial score (nSPS) is 10.5. The van der Waals surface area contributed by atoms with Gasteiger partial charge in [-0.2, -0.15) is 0 Å². The van der Waals surface area contributed by atoms with Gasteiger partial charge < -0.3 is 10.6 Å². The summed E-state index contributed by atoms with van der Waals surface area (Å²) < 4.78 is 13.1. The molecule has 21 heavy (non-hydrogen) atoms. The van der Waals surface area contributed by atoms with E-state index in [0.29, 0.717) is 17.3 Å². The van der Waals surface area contributed by atoms with Crippen molar-refractivity contribution in [3.8, 4) is 0 Å². The molecule has 0 fully saturated rings. The van der Waals surface area contributed by atoms with E-state index in [1.165, 1.54) is 18.2 Å². The van der Waals surface area contributed by atoms with Crippen LogP contribution in [0.1, 0.15) is 30.2 Å². The third kappa shape index (κ3) is 4.24. The summed E-state index contributed by atoms with van der Waals surface area (Å²) in [5, 5.41) is 5.73. The molecule has 0 radical (unpaired) electrons. The molecule has 1 aromatic heterocycles. The van der Waals surface area contributed by atoms with E-state index in [-0.39, 0.29) is 11.7 Å². The molecule has 1 aromatic carbocycles. The lowest BCUT2D eigenvalue weighted by Crippen LogP contribution is -2.17. The second kappa shape index (κ2) is 6.30. The number of halogens is 1. The minimum absolute atomic E-state index is 0.193. The zero-order valence-corrected chi connectivity index (χ0v) is 12.1. The van der Waals surface area contributed by atoms with E-state index in [1.807, 2.05) is 13.8 Å². The number of nitrogens with zero attached hydrogens (tertiary/aromatic N) is 2. The van der Waals surface area contributed by atoms with Gasteiger partial charge in [-0.15, -0.1) is 0 Å².